The van der Waals surface area contributed by atoms with E-state index < -0.39 is 0 Å². The van der Waals surface area contributed by atoms with Crippen molar-refractivity contribution in [1.82, 2.24) is 0 Å². The molecule has 0 radical (unpaired) electrons. The van der Waals surface area contributed by atoms with Gasteiger partial charge < -0.3 is 9.47 Å². The second-order valence-electron chi connectivity index (χ2n) is 4.87. The lowest BCUT2D eigenvalue weighted by Crippen LogP contribution is -1.96. The zero-order chi connectivity index (χ0) is 11.9. The summed E-state index contributed by atoms with van der Waals surface area (Å²) in [6, 6.07) is 12.8. The molecule has 18 heavy (non-hydrogen) atoms. The van der Waals surface area contributed by atoms with Crippen LogP contribution >= 0.6 is 0 Å². The van der Waals surface area contributed by atoms with Crippen LogP contribution in [0.2, 0.25) is 0 Å². The number of rotatable bonds is 1. The van der Waals surface area contributed by atoms with Gasteiger partial charge in [0.15, 0.2) is 0 Å². The molecule has 0 aliphatic carbocycles. The number of ether oxygens (including phenoxy) is 2. The molecular formula is C16H14O2. The molecule has 0 bridgehead atoms. The van der Waals surface area contributed by atoms with Crippen LogP contribution in [0.15, 0.2) is 36.4 Å². The average Bonchev–Trinajstić information content (AvgIpc) is 3.06. The summed E-state index contributed by atoms with van der Waals surface area (Å²) in [5.41, 5.74) is 8.00. The largest absolute Gasteiger partial charge is 0.372 e. The molecule has 0 fully saturated rings. The molecule has 2 heterocycles. The maximum absolute atomic E-state index is 5.65. The molecule has 0 atom stereocenters. The van der Waals surface area contributed by atoms with Crippen LogP contribution in [0.1, 0.15) is 22.3 Å². The highest BCUT2D eigenvalue weighted by atomic mass is 16.5. The normalized spacial score (nSPS) is 16.7. The number of hydrogen-bond acceptors (Lipinski definition) is 2. The van der Waals surface area contributed by atoms with Crippen LogP contribution in [-0.2, 0) is 35.9 Å². The zero-order valence-electron chi connectivity index (χ0n) is 10.1. The highest BCUT2D eigenvalue weighted by molar-refractivity contribution is 5.71. The Morgan fingerprint density at radius 2 is 1.44 bits per heavy atom. The van der Waals surface area contributed by atoms with Crippen molar-refractivity contribution in [2.24, 2.45) is 0 Å². The highest BCUT2D eigenvalue weighted by Crippen LogP contribution is 2.38. The smallest absolute Gasteiger partial charge is 0.0731 e. The third-order valence-electron chi connectivity index (χ3n) is 3.84. The van der Waals surface area contributed by atoms with Crippen molar-refractivity contribution in [3.8, 4) is 11.1 Å². The Kier molecular flexibility index (Phi) is 2.25. The lowest BCUT2D eigenvalue weighted by molar-refractivity contribution is 0.126. The molecule has 2 aliphatic heterocycles. The molecule has 0 amide bonds. The van der Waals surface area contributed by atoms with Gasteiger partial charge in [0, 0.05) is 0 Å². The quantitative estimate of drug-likeness (QED) is 0.758. The molecule has 2 nitrogen and oxygen atoms in total. The first-order chi connectivity index (χ1) is 8.93. The number of hydrogen-bond donors (Lipinski definition) is 0. The van der Waals surface area contributed by atoms with Gasteiger partial charge in [0.1, 0.15) is 0 Å². The lowest BCUT2D eigenvalue weighted by atomic mass is 9.91. The summed E-state index contributed by atoms with van der Waals surface area (Å²) in [6.45, 7) is 2.95. The van der Waals surface area contributed by atoms with Gasteiger partial charge in [-0.3, -0.25) is 0 Å². The van der Waals surface area contributed by atoms with Gasteiger partial charge in [-0.1, -0.05) is 30.3 Å². The van der Waals surface area contributed by atoms with Crippen molar-refractivity contribution in [3.63, 3.8) is 0 Å². The molecular weight excluding hydrogens is 224 g/mol. The molecule has 90 valence electrons. The lowest BCUT2D eigenvalue weighted by Gasteiger charge is -2.11. The van der Waals surface area contributed by atoms with E-state index in [9.17, 15) is 0 Å². The Morgan fingerprint density at radius 1 is 0.722 bits per heavy atom. The molecule has 0 aromatic heterocycles. The summed E-state index contributed by atoms with van der Waals surface area (Å²) in [7, 11) is 0. The van der Waals surface area contributed by atoms with E-state index >= 15 is 0 Å². The van der Waals surface area contributed by atoms with Crippen molar-refractivity contribution in [1.29, 1.82) is 0 Å². The molecule has 0 saturated heterocycles. The molecule has 0 spiro atoms. The minimum Gasteiger partial charge on any atom is -0.372 e. The Labute approximate surface area is 106 Å². The van der Waals surface area contributed by atoms with Gasteiger partial charge in [-0.25, -0.2) is 0 Å². The Bertz CT molecular complexity index is 602. The molecule has 2 aliphatic rings. The van der Waals surface area contributed by atoms with Crippen molar-refractivity contribution in [2.45, 2.75) is 26.4 Å². The third kappa shape index (κ3) is 1.43. The molecule has 2 aromatic carbocycles. The van der Waals surface area contributed by atoms with Crippen molar-refractivity contribution in [2.75, 3.05) is 0 Å². The second-order valence-corrected chi connectivity index (χ2v) is 4.87. The van der Waals surface area contributed by atoms with Crippen LogP contribution in [0.4, 0.5) is 0 Å². The van der Waals surface area contributed by atoms with Gasteiger partial charge >= 0.3 is 0 Å². The van der Waals surface area contributed by atoms with Crippen LogP contribution in [-0.4, -0.2) is 0 Å². The standard InChI is InChI=1S/C16H14O2/c1-2-4-11(5-3-1)13-6-12-7-17-8-14(12)16-10-18-9-15(13)16/h1-6H,7-10H2. The van der Waals surface area contributed by atoms with E-state index in [1.807, 2.05) is 0 Å². The van der Waals surface area contributed by atoms with Crippen LogP contribution in [0.3, 0.4) is 0 Å². The second kappa shape index (κ2) is 3.94. The highest BCUT2D eigenvalue weighted by Gasteiger charge is 2.25. The maximum Gasteiger partial charge on any atom is 0.0731 e. The summed E-state index contributed by atoms with van der Waals surface area (Å²) in [5, 5.41) is 0. The summed E-state index contributed by atoms with van der Waals surface area (Å²) in [6.07, 6.45) is 0. The molecule has 4 rings (SSSR count). The fraction of sp³-hybridized carbons (Fsp3) is 0.250. The van der Waals surface area contributed by atoms with Gasteiger partial charge in [0.05, 0.1) is 26.4 Å². The molecule has 0 saturated carbocycles. The van der Waals surface area contributed by atoms with Crippen molar-refractivity contribution >= 4 is 0 Å². The van der Waals surface area contributed by atoms with E-state index in [0.717, 1.165) is 26.4 Å². The van der Waals surface area contributed by atoms with Crippen LogP contribution < -0.4 is 0 Å². The predicted octanol–water partition coefficient (Wildman–Crippen LogP) is 3.41. The molecule has 0 N–H and O–H groups in total. The SMILES string of the molecule is c1ccc(-c2cc3c(c4c2COC4)COC3)cc1. The topological polar surface area (TPSA) is 18.5 Å². The Hall–Kier alpha value is -1.64. The summed E-state index contributed by atoms with van der Waals surface area (Å²) >= 11 is 0. The summed E-state index contributed by atoms with van der Waals surface area (Å²) in [5.74, 6) is 0. The van der Waals surface area contributed by atoms with E-state index in [2.05, 4.69) is 36.4 Å². The summed E-state index contributed by atoms with van der Waals surface area (Å²) in [4.78, 5) is 0. The van der Waals surface area contributed by atoms with Gasteiger partial charge in [-0.15, -0.1) is 0 Å². The van der Waals surface area contributed by atoms with Crippen LogP contribution in [0.5, 0.6) is 0 Å². The monoisotopic (exact) mass is 238 g/mol. The van der Waals surface area contributed by atoms with Crippen molar-refractivity contribution in [3.05, 3.63) is 58.7 Å². The predicted molar refractivity (Wildman–Crippen MR) is 68.9 cm³/mol. The van der Waals surface area contributed by atoms with Crippen LogP contribution in [0, 0.1) is 0 Å². The molecule has 2 aromatic rings. The van der Waals surface area contributed by atoms with Gasteiger partial charge in [0.25, 0.3) is 0 Å². The first kappa shape index (κ1) is 10.3. The van der Waals surface area contributed by atoms with E-state index in [0.29, 0.717) is 0 Å². The molecule has 0 unspecified atom stereocenters. The first-order valence-electron chi connectivity index (χ1n) is 6.31. The maximum atomic E-state index is 5.65. The van der Waals surface area contributed by atoms with E-state index in [1.54, 1.807) is 0 Å². The van der Waals surface area contributed by atoms with E-state index in [4.69, 9.17) is 9.47 Å². The number of benzene rings is 2. The average molecular weight is 238 g/mol. The van der Waals surface area contributed by atoms with Gasteiger partial charge in [-0.2, -0.15) is 0 Å². The number of fused-ring (bicyclic) bond motifs is 3. The van der Waals surface area contributed by atoms with Crippen LogP contribution in [0.25, 0.3) is 11.1 Å². The summed E-state index contributed by atoms with van der Waals surface area (Å²) < 4.78 is 11.2. The first-order valence-corrected chi connectivity index (χ1v) is 6.31. The van der Waals surface area contributed by atoms with Gasteiger partial charge in [-0.05, 0) is 39.4 Å². The van der Waals surface area contributed by atoms with E-state index in [-0.39, 0.29) is 0 Å². The minimum absolute atomic E-state index is 0.729. The Morgan fingerprint density at radius 3 is 2.33 bits per heavy atom. The van der Waals surface area contributed by atoms with Crippen molar-refractivity contribution < 1.29 is 9.47 Å². The van der Waals surface area contributed by atoms with E-state index in [1.165, 1.54) is 33.4 Å². The Balaban J connectivity index is 1.97. The fourth-order valence-electron chi connectivity index (χ4n) is 2.93. The molecule has 2 heteroatoms. The van der Waals surface area contributed by atoms with Gasteiger partial charge in [0.2, 0.25) is 0 Å². The minimum atomic E-state index is 0.729. The third-order valence-corrected chi connectivity index (χ3v) is 3.84. The zero-order valence-corrected chi connectivity index (χ0v) is 10.1. The fourth-order valence-corrected chi connectivity index (χ4v) is 2.93.